The molecule has 9 heteroatoms. The number of likely N-dealkylation sites (tertiary alicyclic amines) is 1. The number of aryl methyl sites for hydroxylation is 2. The highest BCUT2D eigenvalue weighted by Gasteiger charge is 2.33. The summed E-state index contributed by atoms with van der Waals surface area (Å²) in [7, 11) is 0. The highest BCUT2D eigenvalue weighted by Crippen LogP contribution is 2.33. The number of primary amides is 1. The Morgan fingerprint density at radius 3 is 2.61 bits per heavy atom. The Morgan fingerprint density at radius 2 is 1.96 bits per heavy atom. The lowest BCUT2D eigenvalue weighted by Crippen LogP contribution is -2.45. The van der Waals surface area contributed by atoms with Crippen LogP contribution in [0.1, 0.15) is 50.8 Å². The van der Waals surface area contributed by atoms with Crippen LogP contribution in [-0.2, 0) is 10.2 Å². The van der Waals surface area contributed by atoms with Gasteiger partial charge in [-0.15, -0.1) is 0 Å². The summed E-state index contributed by atoms with van der Waals surface area (Å²) in [6.45, 7) is 10.6. The molecule has 0 bridgehead atoms. The third kappa shape index (κ3) is 4.14. The summed E-state index contributed by atoms with van der Waals surface area (Å²) in [6, 6.07) is 1.01. The van der Waals surface area contributed by atoms with E-state index in [-0.39, 0.29) is 11.4 Å². The summed E-state index contributed by atoms with van der Waals surface area (Å²) in [6.07, 6.45) is 1.36. The van der Waals surface area contributed by atoms with Crippen LogP contribution in [0.15, 0.2) is 6.07 Å². The minimum Gasteiger partial charge on any atom is -0.368 e. The van der Waals surface area contributed by atoms with Gasteiger partial charge in [-0.2, -0.15) is 0 Å². The molecule has 3 heterocycles. The summed E-state index contributed by atoms with van der Waals surface area (Å²) < 4.78 is 0. The van der Waals surface area contributed by atoms with Crippen molar-refractivity contribution in [1.29, 1.82) is 0 Å². The molecule has 0 spiro atoms. The summed E-state index contributed by atoms with van der Waals surface area (Å²) in [5.41, 5.74) is 7.69. The van der Waals surface area contributed by atoms with Gasteiger partial charge >= 0.3 is 6.03 Å². The van der Waals surface area contributed by atoms with E-state index in [0.29, 0.717) is 18.1 Å². The van der Waals surface area contributed by atoms with Crippen LogP contribution in [0.4, 0.5) is 9.93 Å². The van der Waals surface area contributed by atoms with Crippen molar-refractivity contribution in [3.63, 3.8) is 0 Å². The molecule has 150 valence electrons. The van der Waals surface area contributed by atoms with E-state index in [1.165, 1.54) is 16.2 Å². The van der Waals surface area contributed by atoms with Gasteiger partial charge in [-0.3, -0.25) is 10.1 Å². The van der Waals surface area contributed by atoms with Crippen LogP contribution in [-0.4, -0.2) is 44.4 Å². The molecule has 1 aliphatic rings. The Bertz CT molecular complexity index is 918. The monoisotopic (exact) mass is 402 g/mol. The SMILES string of the molecule is Cc1cc(-c2sc(NC(=O)N3CCC[C@H]3C(N)=O)nc2C)nc(C(C)(C)C)n1. The molecule has 3 amide bonds. The van der Waals surface area contributed by atoms with E-state index >= 15 is 0 Å². The van der Waals surface area contributed by atoms with Crippen LogP contribution < -0.4 is 11.1 Å². The van der Waals surface area contributed by atoms with Gasteiger partial charge in [0.1, 0.15) is 11.9 Å². The molecule has 2 aromatic rings. The highest BCUT2D eigenvalue weighted by molar-refractivity contribution is 7.19. The molecule has 1 fully saturated rings. The van der Waals surface area contributed by atoms with Crippen molar-refractivity contribution < 1.29 is 9.59 Å². The summed E-state index contributed by atoms with van der Waals surface area (Å²) in [4.78, 5) is 40.2. The molecule has 0 saturated carbocycles. The fourth-order valence-corrected chi connectivity index (χ4v) is 4.09. The average Bonchev–Trinajstić information content (AvgIpc) is 3.20. The smallest absolute Gasteiger partial charge is 0.324 e. The fraction of sp³-hybridized carbons (Fsp3) is 0.526. The van der Waals surface area contributed by atoms with Crippen LogP contribution in [0.25, 0.3) is 10.6 Å². The Kier molecular flexibility index (Phi) is 5.38. The Morgan fingerprint density at radius 1 is 1.25 bits per heavy atom. The van der Waals surface area contributed by atoms with Crippen LogP contribution in [0.2, 0.25) is 0 Å². The number of urea groups is 1. The standard InChI is InChI=1S/C19H26N6O2S/c1-10-9-12(23-16(21-10)19(3,4)5)14-11(2)22-17(28-14)24-18(27)25-8-6-7-13(25)15(20)26/h9,13H,6-8H2,1-5H3,(H2,20,26)(H,22,24,27)/t13-/m0/s1. The van der Waals surface area contributed by atoms with E-state index in [0.717, 1.165) is 34.2 Å². The number of aromatic nitrogens is 3. The predicted octanol–water partition coefficient (Wildman–Crippen LogP) is 3.00. The molecule has 1 aliphatic heterocycles. The third-order valence-electron chi connectivity index (χ3n) is 4.61. The van der Waals surface area contributed by atoms with Crippen LogP contribution in [0.3, 0.4) is 0 Å². The zero-order chi connectivity index (χ0) is 20.6. The fourth-order valence-electron chi connectivity index (χ4n) is 3.18. The van der Waals surface area contributed by atoms with Crippen molar-refractivity contribution in [3.8, 4) is 10.6 Å². The van der Waals surface area contributed by atoms with Crippen molar-refractivity contribution in [1.82, 2.24) is 19.9 Å². The Labute approximate surface area is 168 Å². The molecular weight excluding hydrogens is 376 g/mol. The number of thiazole rings is 1. The van der Waals surface area contributed by atoms with E-state index in [1.54, 1.807) is 0 Å². The first kappa shape index (κ1) is 20.2. The van der Waals surface area contributed by atoms with E-state index in [2.05, 4.69) is 36.1 Å². The number of nitrogens with two attached hydrogens (primary N) is 1. The quantitative estimate of drug-likeness (QED) is 0.819. The summed E-state index contributed by atoms with van der Waals surface area (Å²) >= 11 is 1.36. The first-order valence-electron chi connectivity index (χ1n) is 9.27. The van der Waals surface area contributed by atoms with Gasteiger partial charge in [-0.25, -0.2) is 19.7 Å². The molecule has 3 N–H and O–H groups in total. The van der Waals surface area contributed by atoms with Gasteiger partial charge in [0, 0.05) is 17.7 Å². The van der Waals surface area contributed by atoms with Gasteiger partial charge in [-0.1, -0.05) is 32.1 Å². The van der Waals surface area contributed by atoms with Gasteiger partial charge in [0.15, 0.2) is 5.13 Å². The average molecular weight is 403 g/mol. The normalized spacial score (nSPS) is 17.0. The lowest BCUT2D eigenvalue weighted by atomic mass is 9.95. The molecule has 8 nitrogen and oxygen atoms in total. The number of carbonyl (C=O) groups is 2. The maximum Gasteiger partial charge on any atom is 0.324 e. The molecule has 1 atom stereocenters. The van der Waals surface area contributed by atoms with E-state index in [1.807, 2.05) is 19.9 Å². The Hall–Kier alpha value is -2.55. The number of amides is 3. The van der Waals surface area contributed by atoms with Gasteiger partial charge in [0.05, 0.1) is 16.3 Å². The molecule has 3 rings (SSSR count). The summed E-state index contributed by atoms with van der Waals surface area (Å²) in [5, 5.41) is 3.28. The maximum atomic E-state index is 12.6. The first-order valence-corrected chi connectivity index (χ1v) is 10.1. The third-order valence-corrected chi connectivity index (χ3v) is 5.71. The molecule has 1 saturated heterocycles. The van der Waals surface area contributed by atoms with Gasteiger partial charge < -0.3 is 10.6 Å². The van der Waals surface area contributed by atoms with Crippen molar-refractivity contribution in [3.05, 3.63) is 23.3 Å². The number of nitrogens with zero attached hydrogens (tertiary/aromatic N) is 4. The van der Waals surface area contributed by atoms with Crippen molar-refractivity contribution in [2.24, 2.45) is 5.73 Å². The minimum atomic E-state index is -0.556. The van der Waals surface area contributed by atoms with Crippen LogP contribution >= 0.6 is 11.3 Å². The lowest BCUT2D eigenvalue weighted by molar-refractivity contribution is -0.121. The molecule has 28 heavy (non-hydrogen) atoms. The zero-order valence-electron chi connectivity index (χ0n) is 16.9. The van der Waals surface area contributed by atoms with Gasteiger partial charge in [-0.05, 0) is 32.8 Å². The molecular formula is C19H26N6O2S. The first-order chi connectivity index (χ1) is 13.1. The second-order valence-electron chi connectivity index (χ2n) is 8.09. The largest absolute Gasteiger partial charge is 0.368 e. The van der Waals surface area contributed by atoms with Gasteiger partial charge in [0.25, 0.3) is 0 Å². The maximum absolute atomic E-state index is 12.6. The predicted molar refractivity (Wildman–Crippen MR) is 109 cm³/mol. The number of anilines is 1. The van der Waals surface area contributed by atoms with Crippen molar-refractivity contribution >= 4 is 28.4 Å². The minimum absolute atomic E-state index is 0.171. The highest BCUT2D eigenvalue weighted by atomic mass is 32.1. The summed E-state index contributed by atoms with van der Waals surface area (Å²) in [5.74, 6) is 0.289. The van der Waals surface area contributed by atoms with E-state index in [9.17, 15) is 9.59 Å². The second-order valence-corrected chi connectivity index (χ2v) is 9.08. The van der Waals surface area contributed by atoms with E-state index in [4.69, 9.17) is 10.7 Å². The Balaban J connectivity index is 1.85. The number of hydrogen-bond acceptors (Lipinski definition) is 6. The van der Waals surface area contributed by atoms with Crippen molar-refractivity contribution in [2.75, 3.05) is 11.9 Å². The van der Waals surface area contributed by atoms with Crippen molar-refractivity contribution in [2.45, 2.75) is 58.9 Å². The second kappa shape index (κ2) is 7.46. The number of hydrogen-bond donors (Lipinski definition) is 2. The molecule has 0 aliphatic carbocycles. The topological polar surface area (TPSA) is 114 Å². The lowest BCUT2D eigenvalue weighted by Gasteiger charge is -2.21. The molecule has 0 unspecified atom stereocenters. The van der Waals surface area contributed by atoms with Gasteiger partial charge in [0.2, 0.25) is 5.91 Å². The number of carbonyl (C=O) groups excluding carboxylic acids is 2. The molecule has 0 radical (unpaired) electrons. The molecule has 2 aromatic heterocycles. The number of nitrogens with one attached hydrogen (secondary N) is 1. The zero-order valence-corrected chi connectivity index (χ0v) is 17.7. The molecule has 0 aromatic carbocycles. The number of rotatable bonds is 3. The van der Waals surface area contributed by atoms with Crippen LogP contribution in [0.5, 0.6) is 0 Å². The van der Waals surface area contributed by atoms with E-state index < -0.39 is 11.9 Å². The van der Waals surface area contributed by atoms with Crippen LogP contribution in [0, 0.1) is 13.8 Å².